The van der Waals surface area contributed by atoms with Crippen molar-refractivity contribution in [2.45, 2.75) is 6.61 Å². The summed E-state index contributed by atoms with van der Waals surface area (Å²) in [4.78, 5) is 22.4. The Balaban J connectivity index is 1.20. The number of pyridine rings is 3. The van der Waals surface area contributed by atoms with Gasteiger partial charge in [-0.25, -0.2) is 9.97 Å². The molecule has 7 rings (SSSR count). The molecule has 39 heavy (non-hydrogen) atoms. The summed E-state index contributed by atoms with van der Waals surface area (Å²) in [5.74, 6) is 1.71. The molecule has 1 fully saturated rings. The summed E-state index contributed by atoms with van der Waals surface area (Å²) in [5, 5.41) is 8.86. The predicted octanol–water partition coefficient (Wildman–Crippen LogP) is 4.89. The van der Waals surface area contributed by atoms with Crippen LogP contribution in [0.1, 0.15) is 5.56 Å². The molecule has 0 atom stereocenters. The molecule has 0 spiro atoms. The largest absolute Gasteiger partial charge is 0.487 e. The van der Waals surface area contributed by atoms with Crippen molar-refractivity contribution in [1.29, 1.82) is 0 Å². The van der Waals surface area contributed by atoms with E-state index in [1.54, 1.807) is 12.4 Å². The lowest BCUT2D eigenvalue weighted by Gasteiger charge is -2.33. The first-order valence-electron chi connectivity index (χ1n) is 13.1. The van der Waals surface area contributed by atoms with Crippen molar-refractivity contribution < 1.29 is 4.74 Å². The van der Waals surface area contributed by atoms with Gasteiger partial charge in [0.2, 0.25) is 0 Å². The summed E-state index contributed by atoms with van der Waals surface area (Å²) < 4.78 is 5.99. The zero-order valence-corrected chi connectivity index (χ0v) is 21.6. The van der Waals surface area contributed by atoms with Crippen molar-refractivity contribution in [3.63, 3.8) is 0 Å². The Morgan fingerprint density at radius 1 is 0.923 bits per heavy atom. The number of anilines is 1. The van der Waals surface area contributed by atoms with Gasteiger partial charge in [0.15, 0.2) is 0 Å². The number of piperazine rings is 1. The van der Waals surface area contributed by atoms with E-state index in [1.807, 2.05) is 60.8 Å². The first-order chi connectivity index (χ1) is 19.2. The summed E-state index contributed by atoms with van der Waals surface area (Å²) in [6, 6.07) is 20.2. The van der Waals surface area contributed by atoms with Crippen LogP contribution in [0.4, 0.5) is 5.82 Å². The van der Waals surface area contributed by atoms with Gasteiger partial charge in [0.25, 0.3) is 0 Å². The van der Waals surface area contributed by atoms with Gasteiger partial charge in [-0.3, -0.25) is 10.1 Å². The summed E-state index contributed by atoms with van der Waals surface area (Å²) >= 11 is 0. The van der Waals surface area contributed by atoms with Crippen molar-refractivity contribution >= 4 is 27.8 Å². The average Bonchev–Trinajstić information content (AvgIpc) is 3.61. The molecule has 0 radical (unpaired) electrons. The fraction of sp³-hybridized carbons (Fsp3) is 0.200. The van der Waals surface area contributed by atoms with E-state index in [4.69, 9.17) is 14.7 Å². The second kappa shape index (κ2) is 9.85. The van der Waals surface area contributed by atoms with Gasteiger partial charge in [0.1, 0.15) is 29.4 Å². The number of hydrogen-bond acceptors (Lipinski definition) is 7. The van der Waals surface area contributed by atoms with Crippen LogP contribution in [-0.4, -0.2) is 68.3 Å². The normalized spacial score (nSPS) is 14.3. The Hall–Kier alpha value is -4.76. The summed E-state index contributed by atoms with van der Waals surface area (Å²) in [7, 11) is 2.16. The SMILES string of the molecule is CN1CCN(c2nccc3[nH]c(-c4n[nH]c5ccc(-c6cncc(OCc7ccccc7)c6)nc45)cc23)CC1. The number of likely N-dealkylation sites (N-methyl/N-ethyl adjacent to an activating group) is 1. The zero-order valence-electron chi connectivity index (χ0n) is 21.6. The lowest BCUT2D eigenvalue weighted by atomic mass is 10.1. The molecule has 1 saturated heterocycles. The van der Waals surface area contributed by atoms with E-state index in [2.05, 4.69) is 43.1 Å². The number of rotatable bonds is 6. The predicted molar refractivity (Wildman–Crippen MR) is 153 cm³/mol. The molecule has 0 bridgehead atoms. The minimum Gasteiger partial charge on any atom is -0.487 e. The third kappa shape index (κ3) is 4.57. The van der Waals surface area contributed by atoms with Gasteiger partial charge in [0, 0.05) is 49.5 Å². The second-order valence-corrected chi connectivity index (χ2v) is 9.92. The van der Waals surface area contributed by atoms with Crippen LogP contribution in [0.25, 0.3) is 44.6 Å². The molecule has 5 aromatic heterocycles. The average molecular weight is 517 g/mol. The minimum absolute atomic E-state index is 0.482. The van der Waals surface area contributed by atoms with Crippen LogP contribution in [0.2, 0.25) is 0 Å². The van der Waals surface area contributed by atoms with Gasteiger partial charge in [-0.1, -0.05) is 30.3 Å². The molecular weight excluding hydrogens is 488 g/mol. The Kier molecular flexibility index (Phi) is 5.90. The van der Waals surface area contributed by atoms with E-state index in [9.17, 15) is 0 Å². The van der Waals surface area contributed by atoms with E-state index in [1.165, 1.54) is 0 Å². The number of nitrogens with zero attached hydrogens (tertiary/aromatic N) is 6. The van der Waals surface area contributed by atoms with Crippen LogP contribution in [0.3, 0.4) is 0 Å². The first-order valence-corrected chi connectivity index (χ1v) is 13.1. The molecule has 9 heteroatoms. The highest BCUT2D eigenvalue weighted by Crippen LogP contribution is 2.33. The van der Waals surface area contributed by atoms with Crippen molar-refractivity contribution in [2.75, 3.05) is 38.1 Å². The monoisotopic (exact) mass is 516 g/mol. The van der Waals surface area contributed by atoms with Crippen molar-refractivity contribution in [3.8, 4) is 28.4 Å². The van der Waals surface area contributed by atoms with Crippen LogP contribution in [0, 0.1) is 0 Å². The van der Waals surface area contributed by atoms with Crippen LogP contribution in [-0.2, 0) is 6.61 Å². The number of aromatic amines is 2. The number of aromatic nitrogens is 6. The van der Waals surface area contributed by atoms with Gasteiger partial charge in [0.05, 0.1) is 28.6 Å². The molecule has 0 unspecified atom stereocenters. The highest BCUT2D eigenvalue weighted by Gasteiger charge is 2.20. The Bertz CT molecular complexity index is 1750. The van der Waals surface area contributed by atoms with Gasteiger partial charge in [-0.15, -0.1) is 0 Å². The van der Waals surface area contributed by atoms with Gasteiger partial charge >= 0.3 is 0 Å². The summed E-state index contributed by atoms with van der Waals surface area (Å²) in [5.41, 5.74) is 7.17. The Labute approximate surface area is 225 Å². The number of ether oxygens (including phenoxy) is 1. The quantitative estimate of drug-likeness (QED) is 0.325. The van der Waals surface area contributed by atoms with E-state index < -0.39 is 0 Å². The van der Waals surface area contributed by atoms with E-state index in [-0.39, 0.29) is 0 Å². The number of nitrogens with one attached hydrogen (secondary N) is 2. The van der Waals surface area contributed by atoms with Gasteiger partial charge < -0.3 is 19.5 Å². The number of fused-ring (bicyclic) bond motifs is 2. The van der Waals surface area contributed by atoms with E-state index in [0.717, 1.165) is 82.1 Å². The van der Waals surface area contributed by atoms with Crippen molar-refractivity contribution in [1.82, 2.24) is 35.0 Å². The maximum absolute atomic E-state index is 5.99. The Morgan fingerprint density at radius 2 is 1.79 bits per heavy atom. The van der Waals surface area contributed by atoms with E-state index in [0.29, 0.717) is 12.4 Å². The van der Waals surface area contributed by atoms with Crippen LogP contribution >= 0.6 is 0 Å². The summed E-state index contributed by atoms with van der Waals surface area (Å²) in [6.07, 6.45) is 5.40. The van der Waals surface area contributed by atoms with Crippen LogP contribution in [0.5, 0.6) is 5.75 Å². The number of H-pyrrole nitrogens is 2. The molecular formula is C30H28N8O. The highest BCUT2D eigenvalue weighted by molar-refractivity contribution is 5.98. The second-order valence-electron chi connectivity index (χ2n) is 9.92. The molecule has 1 aliphatic rings. The third-order valence-electron chi connectivity index (χ3n) is 7.25. The fourth-order valence-corrected chi connectivity index (χ4v) is 5.06. The summed E-state index contributed by atoms with van der Waals surface area (Å²) in [6.45, 7) is 4.46. The molecule has 0 amide bonds. The standard InChI is InChI=1S/C30H28N8O/c1-37-11-13-38(14-12-37)30-23-16-27(33-25(23)9-10-32-30)29-28-26(35-36-29)8-7-24(34-28)21-15-22(18-31-17-21)39-19-20-5-3-2-4-6-20/h2-10,15-18,33H,11-14,19H2,1H3,(H,35,36). The third-order valence-corrected chi connectivity index (χ3v) is 7.25. The van der Waals surface area contributed by atoms with Crippen molar-refractivity contribution in [2.24, 2.45) is 0 Å². The number of hydrogen-bond donors (Lipinski definition) is 2. The highest BCUT2D eigenvalue weighted by atomic mass is 16.5. The van der Waals surface area contributed by atoms with Crippen LogP contribution in [0.15, 0.2) is 79.3 Å². The van der Waals surface area contributed by atoms with Crippen LogP contribution < -0.4 is 9.64 Å². The number of benzene rings is 1. The zero-order chi connectivity index (χ0) is 26.2. The minimum atomic E-state index is 0.482. The molecule has 194 valence electrons. The lowest BCUT2D eigenvalue weighted by Crippen LogP contribution is -2.44. The molecule has 0 aliphatic carbocycles. The molecule has 1 aliphatic heterocycles. The fourth-order valence-electron chi connectivity index (χ4n) is 5.06. The smallest absolute Gasteiger partial charge is 0.138 e. The molecule has 6 aromatic rings. The lowest BCUT2D eigenvalue weighted by molar-refractivity contribution is 0.305. The maximum Gasteiger partial charge on any atom is 0.138 e. The Morgan fingerprint density at radius 3 is 2.67 bits per heavy atom. The van der Waals surface area contributed by atoms with Crippen molar-refractivity contribution in [3.05, 3.63) is 84.8 Å². The molecule has 0 saturated carbocycles. The molecule has 9 nitrogen and oxygen atoms in total. The molecule has 1 aromatic carbocycles. The van der Waals surface area contributed by atoms with E-state index >= 15 is 0 Å². The van der Waals surface area contributed by atoms with Gasteiger partial charge in [-0.2, -0.15) is 5.10 Å². The molecule has 2 N–H and O–H groups in total. The maximum atomic E-state index is 5.99. The molecule has 6 heterocycles. The first kappa shape index (κ1) is 23.4. The topological polar surface area (TPSA) is 98.8 Å². The van der Waals surface area contributed by atoms with Gasteiger partial charge in [-0.05, 0) is 42.9 Å².